The van der Waals surface area contributed by atoms with Crippen molar-refractivity contribution in [3.05, 3.63) is 21.9 Å². The van der Waals surface area contributed by atoms with Crippen LogP contribution in [-0.2, 0) is 7.05 Å². The minimum absolute atomic E-state index is 0.134. The fraction of sp³-hybridized carbons (Fsp3) is 0.375. The molecule has 0 aliphatic rings. The Kier molecular flexibility index (Phi) is 1.48. The molecule has 1 N–H and O–H groups in total. The predicted octanol–water partition coefficient (Wildman–Crippen LogP) is 0.273. The highest BCUT2D eigenvalue weighted by molar-refractivity contribution is 5.76. The van der Waals surface area contributed by atoms with Gasteiger partial charge in [0.05, 0.1) is 5.69 Å². The Balaban J connectivity index is 3.06. The van der Waals surface area contributed by atoms with Gasteiger partial charge in [-0.1, -0.05) is 0 Å². The number of aromatic amines is 1. The summed E-state index contributed by atoms with van der Waals surface area (Å²) in [5.41, 5.74) is 1.86. The van der Waals surface area contributed by atoms with E-state index in [0.29, 0.717) is 16.9 Å². The molecule has 2 heterocycles. The van der Waals surface area contributed by atoms with Gasteiger partial charge >= 0.3 is 0 Å². The molecule has 0 spiro atoms. The van der Waals surface area contributed by atoms with Crippen molar-refractivity contribution in [3.63, 3.8) is 0 Å². The first-order valence-corrected chi connectivity index (χ1v) is 4.00. The van der Waals surface area contributed by atoms with Gasteiger partial charge in [0.25, 0.3) is 5.56 Å². The van der Waals surface area contributed by atoms with Crippen molar-refractivity contribution < 1.29 is 0 Å². The number of H-pyrrole nitrogens is 1. The first-order valence-electron chi connectivity index (χ1n) is 4.00. The van der Waals surface area contributed by atoms with Crippen LogP contribution in [0.4, 0.5) is 0 Å². The van der Waals surface area contributed by atoms with Crippen LogP contribution in [-0.4, -0.2) is 19.7 Å². The first-order chi connectivity index (χ1) is 6.09. The fourth-order valence-corrected chi connectivity index (χ4v) is 1.45. The van der Waals surface area contributed by atoms with Crippen molar-refractivity contribution in [2.45, 2.75) is 13.8 Å². The van der Waals surface area contributed by atoms with Crippen LogP contribution < -0.4 is 5.56 Å². The third-order valence-corrected chi connectivity index (χ3v) is 1.98. The number of hydrogen-bond donors (Lipinski definition) is 1. The normalized spacial score (nSPS) is 11.0. The molecule has 0 saturated carbocycles. The average molecular weight is 178 g/mol. The third-order valence-electron chi connectivity index (χ3n) is 1.98. The summed E-state index contributed by atoms with van der Waals surface area (Å²) in [6.07, 6.45) is 0. The quantitative estimate of drug-likeness (QED) is 0.630. The molecule has 2 aromatic heterocycles. The Labute approximate surface area is 74.4 Å². The monoisotopic (exact) mass is 178 g/mol. The lowest BCUT2D eigenvalue weighted by Gasteiger charge is -1.93. The molecule has 0 unspecified atom stereocenters. The summed E-state index contributed by atoms with van der Waals surface area (Å²) in [6.45, 7) is 3.60. The minimum Gasteiger partial charge on any atom is -0.309 e. The minimum atomic E-state index is -0.134. The van der Waals surface area contributed by atoms with Gasteiger partial charge in [-0.15, -0.1) is 0 Å². The van der Waals surface area contributed by atoms with E-state index in [1.807, 2.05) is 6.92 Å². The first kappa shape index (κ1) is 7.97. The lowest BCUT2D eigenvalue weighted by atomic mass is 10.3. The number of aryl methyl sites for hydroxylation is 3. The molecular weight excluding hydrogens is 168 g/mol. The van der Waals surface area contributed by atoms with Gasteiger partial charge < -0.3 is 4.98 Å². The Morgan fingerprint density at radius 2 is 2.08 bits per heavy atom. The standard InChI is InChI=1S/C8H10N4O/c1-4-6-7(12(3)11-4)8(13)10-5(2)9-6/h1-3H3,(H,9,10,13). The molecule has 0 atom stereocenters. The summed E-state index contributed by atoms with van der Waals surface area (Å²) >= 11 is 0. The molecule has 68 valence electrons. The van der Waals surface area contributed by atoms with Crippen LogP contribution in [0.15, 0.2) is 4.79 Å². The number of nitrogens with one attached hydrogen (secondary N) is 1. The van der Waals surface area contributed by atoms with Crippen molar-refractivity contribution >= 4 is 11.0 Å². The lowest BCUT2D eigenvalue weighted by Crippen LogP contribution is -2.12. The summed E-state index contributed by atoms with van der Waals surface area (Å²) in [6, 6.07) is 0. The van der Waals surface area contributed by atoms with Gasteiger partial charge in [0.15, 0.2) is 5.52 Å². The van der Waals surface area contributed by atoms with E-state index in [1.165, 1.54) is 0 Å². The summed E-state index contributed by atoms with van der Waals surface area (Å²) in [4.78, 5) is 18.3. The van der Waals surface area contributed by atoms with Crippen LogP contribution in [0.25, 0.3) is 11.0 Å². The van der Waals surface area contributed by atoms with Crippen LogP contribution in [0, 0.1) is 13.8 Å². The lowest BCUT2D eigenvalue weighted by molar-refractivity contribution is 0.778. The molecule has 2 rings (SSSR count). The predicted molar refractivity (Wildman–Crippen MR) is 48.6 cm³/mol. The summed E-state index contributed by atoms with van der Waals surface area (Å²) in [7, 11) is 1.74. The maximum Gasteiger partial charge on any atom is 0.277 e. The molecular formula is C8H10N4O. The van der Waals surface area contributed by atoms with Gasteiger partial charge in [0, 0.05) is 7.05 Å². The fourth-order valence-electron chi connectivity index (χ4n) is 1.45. The smallest absolute Gasteiger partial charge is 0.277 e. The van der Waals surface area contributed by atoms with Crippen molar-refractivity contribution in [1.82, 2.24) is 19.7 Å². The summed E-state index contributed by atoms with van der Waals surface area (Å²) < 4.78 is 1.55. The largest absolute Gasteiger partial charge is 0.309 e. The van der Waals surface area contributed by atoms with E-state index in [9.17, 15) is 4.79 Å². The van der Waals surface area contributed by atoms with Crippen LogP contribution >= 0.6 is 0 Å². The van der Waals surface area contributed by atoms with E-state index in [-0.39, 0.29) is 5.56 Å². The van der Waals surface area contributed by atoms with E-state index in [4.69, 9.17) is 0 Å². The molecule has 0 aliphatic heterocycles. The third kappa shape index (κ3) is 1.04. The van der Waals surface area contributed by atoms with Gasteiger partial charge in [0.1, 0.15) is 11.3 Å². The SMILES string of the molecule is Cc1nc2c(C)nn(C)c2c(=O)[nH]1. The zero-order chi connectivity index (χ0) is 9.59. The van der Waals surface area contributed by atoms with Gasteiger partial charge in [-0.3, -0.25) is 9.48 Å². The number of hydrogen-bond acceptors (Lipinski definition) is 3. The molecule has 0 aromatic carbocycles. The molecule has 5 nitrogen and oxygen atoms in total. The van der Waals surface area contributed by atoms with Gasteiger partial charge in [0.2, 0.25) is 0 Å². The van der Waals surface area contributed by atoms with Crippen LogP contribution in [0.2, 0.25) is 0 Å². The molecule has 0 amide bonds. The average Bonchev–Trinajstić information content (AvgIpc) is 2.27. The van der Waals surface area contributed by atoms with Gasteiger partial charge in [-0.2, -0.15) is 5.10 Å². The van der Waals surface area contributed by atoms with Crippen molar-refractivity contribution in [3.8, 4) is 0 Å². The second kappa shape index (κ2) is 2.42. The highest BCUT2D eigenvalue weighted by Gasteiger charge is 2.09. The van der Waals surface area contributed by atoms with Crippen LogP contribution in [0.5, 0.6) is 0 Å². The van der Waals surface area contributed by atoms with Crippen molar-refractivity contribution in [1.29, 1.82) is 0 Å². The molecule has 5 heteroatoms. The number of fused-ring (bicyclic) bond motifs is 1. The summed E-state index contributed by atoms with van der Waals surface area (Å²) in [5, 5.41) is 4.13. The second-order valence-corrected chi connectivity index (χ2v) is 3.06. The zero-order valence-electron chi connectivity index (χ0n) is 7.75. The van der Waals surface area contributed by atoms with Crippen molar-refractivity contribution in [2.75, 3.05) is 0 Å². The van der Waals surface area contributed by atoms with E-state index in [1.54, 1.807) is 18.7 Å². The topological polar surface area (TPSA) is 63.6 Å². The maximum atomic E-state index is 11.5. The highest BCUT2D eigenvalue weighted by Crippen LogP contribution is 2.09. The Bertz CT molecular complexity index is 523. The van der Waals surface area contributed by atoms with E-state index in [0.717, 1.165) is 5.69 Å². The van der Waals surface area contributed by atoms with Gasteiger partial charge in [-0.25, -0.2) is 4.98 Å². The van der Waals surface area contributed by atoms with Gasteiger partial charge in [-0.05, 0) is 13.8 Å². The number of nitrogens with zero attached hydrogens (tertiary/aromatic N) is 3. The molecule has 0 bridgehead atoms. The molecule has 0 aliphatic carbocycles. The molecule has 13 heavy (non-hydrogen) atoms. The molecule has 2 aromatic rings. The van der Waals surface area contributed by atoms with E-state index >= 15 is 0 Å². The molecule has 0 fully saturated rings. The number of rotatable bonds is 0. The highest BCUT2D eigenvalue weighted by atomic mass is 16.1. The van der Waals surface area contributed by atoms with E-state index < -0.39 is 0 Å². The van der Waals surface area contributed by atoms with Crippen LogP contribution in [0.1, 0.15) is 11.5 Å². The second-order valence-electron chi connectivity index (χ2n) is 3.06. The molecule has 0 radical (unpaired) electrons. The number of aromatic nitrogens is 4. The van der Waals surface area contributed by atoms with Crippen molar-refractivity contribution in [2.24, 2.45) is 7.05 Å². The van der Waals surface area contributed by atoms with E-state index in [2.05, 4.69) is 15.1 Å². The Morgan fingerprint density at radius 1 is 1.38 bits per heavy atom. The Morgan fingerprint density at radius 3 is 2.77 bits per heavy atom. The summed E-state index contributed by atoms with van der Waals surface area (Å²) in [5.74, 6) is 0.619. The maximum absolute atomic E-state index is 11.5. The molecule has 0 saturated heterocycles. The van der Waals surface area contributed by atoms with Crippen LogP contribution in [0.3, 0.4) is 0 Å². The zero-order valence-corrected chi connectivity index (χ0v) is 7.75. The Hall–Kier alpha value is -1.65.